The third-order valence-electron chi connectivity index (χ3n) is 10.8. The van der Waals surface area contributed by atoms with Crippen LogP contribution in [-0.4, -0.2) is 80.0 Å². The molecule has 1 spiro atoms. The maximum absolute atomic E-state index is 14.9. The Morgan fingerprint density at radius 3 is 2.45 bits per heavy atom. The fourth-order valence-electron chi connectivity index (χ4n) is 8.46. The number of benzene rings is 3. The summed E-state index contributed by atoms with van der Waals surface area (Å²) >= 11 is 0. The molecule has 0 aliphatic carbocycles. The van der Waals surface area contributed by atoms with Crippen LogP contribution in [0, 0.1) is 5.92 Å². The number of carbonyl (C=O) groups is 3. The van der Waals surface area contributed by atoms with Crippen LogP contribution in [-0.2, 0) is 44.2 Å². The predicted molar refractivity (Wildman–Crippen MR) is 185 cm³/mol. The highest BCUT2D eigenvalue weighted by Gasteiger charge is 2.66. The molecule has 2 fully saturated rings. The van der Waals surface area contributed by atoms with E-state index in [4.69, 9.17) is 14.2 Å². The second-order valence-corrected chi connectivity index (χ2v) is 18.1. The van der Waals surface area contributed by atoms with E-state index in [1.807, 2.05) is 86.7 Å². The minimum atomic E-state index is -3.03. The van der Waals surface area contributed by atoms with Gasteiger partial charge in [-0.3, -0.25) is 14.5 Å². The van der Waals surface area contributed by atoms with E-state index in [9.17, 15) is 24.3 Å². The second-order valence-electron chi connectivity index (χ2n) is 14.1. The number of carbonyl (C=O) groups excluding carboxylic acids is 3. The molecule has 49 heavy (non-hydrogen) atoms. The highest BCUT2D eigenvalue weighted by Crippen LogP contribution is 2.60. The highest BCUT2D eigenvalue weighted by atomic mass is 28.4. The molecule has 0 aromatic heterocycles. The Kier molecular flexibility index (Phi) is 8.54. The van der Waals surface area contributed by atoms with Gasteiger partial charge in [-0.15, -0.1) is 0 Å². The molecule has 7 rings (SSSR count). The van der Waals surface area contributed by atoms with Crippen LogP contribution in [0.3, 0.4) is 0 Å². The van der Waals surface area contributed by atoms with Gasteiger partial charge < -0.3 is 33.9 Å². The molecule has 4 aliphatic heterocycles. The molecule has 11 nitrogen and oxygen atoms in total. The Labute approximate surface area is 287 Å². The van der Waals surface area contributed by atoms with E-state index in [-0.39, 0.29) is 43.5 Å². The molecule has 0 radical (unpaired) electrons. The molecule has 2 saturated heterocycles. The lowest BCUT2D eigenvalue weighted by Gasteiger charge is -2.37. The molecule has 258 valence electrons. The lowest BCUT2D eigenvalue weighted by molar-refractivity contribution is -0.151. The predicted octanol–water partition coefficient (Wildman–Crippen LogP) is 4.33. The van der Waals surface area contributed by atoms with Gasteiger partial charge in [-0.25, -0.2) is 4.79 Å². The summed E-state index contributed by atoms with van der Waals surface area (Å²) < 4.78 is 17.6. The molecular weight excluding hydrogens is 643 g/mol. The number of ether oxygens (including phenoxy) is 3. The fraction of sp³-hybridized carbons (Fsp3) is 0.432. The van der Waals surface area contributed by atoms with E-state index in [1.54, 1.807) is 21.8 Å². The van der Waals surface area contributed by atoms with Crippen LogP contribution < -0.4 is 14.5 Å². The number of anilines is 2. The minimum Gasteiger partial charge on any atom is -0.497 e. The Bertz CT molecular complexity index is 1780. The van der Waals surface area contributed by atoms with Crippen LogP contribution >= 0.6 is 0 Å². The normalized spacial score (nSPS) is 26.3. The fourth-order valence-corrected chi connectivity index (χ4v) is 11.0. The first kappa shape index (κ1) is 33.3. The summed E-state index contributed by atoms with van der Waals surface area (Å²) in [6, 6.07) is 20.6. The summed E-state index contributed by atoms with van der Waals surface area (Å²) in [4.78, 5) is 57.8. The van der Waals surface area contributed by atoms with Crippen LogP contribution in [0.15, 0.2) is 66.7 Å². The molecular formula is C37H43N3O8Si. The molecule has 2 N–H and O–H groups in total. The van der Waals surface area contributed by atoms with Crippen molar-refractivity contribution in [3.63, 3.8) is 0 Å². The van der Waals surface area contributed by atoms with Crippen molar-refractivity contribution >= 4 is 37.6 Å². The summed E-state index contributed by atoms with van der Waals surface area (Å²) in [5, 5.41) is 10.3. The number of hydrogen-bond acceptors (Lipinski definition) is 8. The maximum atomic E-state index is 14.9. The number of fused-ring (bicyclic) bond motifs is 3. The average Bonchev–Trinajstić information content (AvgIpc) is 3.72. The average molecular weight is 686 g/mol. The molecule has 0 unspecified atom stereocenters. The van der Waals surface area contributed by atoms with Gasteiger partial charge in [-0.05, 0) is 66.5 Å². The molecule has 3 aromatic carbocycles. The molecule has 0 saturated carbocycles. The van der Waals surface area contributed by atoms with E-state index in [0.29, 0.717) is 43.1 Å². The van der Waals surface area contributed by atoms with Crippen LogP contribution in [0.4, 0.5) is 16.2 Å². The lowest BCUT2D eigenvalue weighted by atomic mass is 9.82. The Balaban J connectivity index is 1.21. The zero-order valence-electron chi connectivity index (χ0n) is 28.3. The molecule has 3 amide bonds. The van der Waals surface area contributed by atoms with E-state index in [1.165, 1.54) is 0 Å². The molecule has 3 aromatic rings. The summed E-state index contributed by atoms with van der Waals surface area (Å²) in [5.41, 5.74) is 3.18. The molecule has 0 bridgehead atoms. The van der Waals surface area contributed by atoms with Gasteiger partial charge in [0.2, 0.25) is 5.91 Å². The minimum absolute atomic E-state index is 0.0284. The smallest absolute Gasteiger partial charge is 0.414 e. The van der Waals surface area contributed by atoms with Crippen molar-refractivity contribution in [1.29, 1.82) is 0 Å². The Hall–Kier alpha value is -4.23. The van der Waals surface area contributed by atoms with Crippen LogP contribution in [0.5, 0.6) is 5.75 Å². The third kappa shape index (κ3) is 5.60. The molecule has 5 atom stereocenters. The Morgan fingerprint density at radius 2 is 1.80 bits per heavy atom. The lowest BCUT2D eigenvalue weighted by Crippen LogP contribution is -2.48. The first-order valence-electron chi connectivity index (χ1n) is 16.9. The number of amides is 3. The van der Waals surface area contributed by atoms with Gasteiger partial charge in [-0.1, -0.05) is 43.3 Å². The van der Waals surface area contributed by atoms with E-state index in [2.05, 4.69) is 0 Å². The number of methoxy groups -OCH3 is 1. The summed E-state index contributed by atoms with van der Waals surface area (Å²) in [6.07, 6.45) is -0.584. The number of rotatable bonds is 8. The van der Waals surface area contributed by atoms with Gasteiger partial charge in [-0.2, -0.15) is 0 Å². The van der Waals surface area contributed by atoms with Crippen molar-refractivity contribution in [3.8, 4) is 5.75 Å². The quantitative estimate of drug-likeness (QED) is 0.336. The van der Waals surface area contributed by atoms with Crippen molar-refractivity contribution in [2.45, 2.75) is 69.2 Å². The summed E-state index contributed by atoms with van der Waals surface area (Å²) in [5.74, 6) is -0.325. The van der Waals surface area contributed by atoms with Gasteiger partial charge >= 0.3 is 6.09 Å². The maximum Gasteiger partial charge on any atom is 0.414 e. The number of aliphatic hydroxyl groups is 1. The highest BCUT2D eigenvalue weighted by molar-refractivity contribution is 6.71. The van der Waals surface area contributed by atoms with Crippen LogP contribution in [0.2, 0.25) is 18.6 Å². The van der Waals surface area contributed by atoms with Crippen LogP contribution in [0.25, 0.3) is 0 Å². The van der Waals surface area contributed by atoms with Gasteiger partial charge in [0, 0.05) is 29.3 Å². The van der Waals surface area contributed by atoms with Crippen molar-refractivity contribution in [3.05, 3.63) is 89.0 Å². The van der Waals surface area contributed by atoms with Crippen molar-refractivity contribution in [2.24, 2.45) is 5.92 Å². The van der Waals surface area contributed by atoms with Gasteiger partial charge in [0.1, 0.15) is 12.4 Å². The van der Waals surface area contributed by atoms with Gasteiger partial charge in [0.25, 0.3) is 5.91 Å². The number of cyclic esters (lactones) is 1. The Morgan fingerprint density at radius 1 is 1.06 bits per heavy atom. The number of hydrogen-bond donors (Lipinski definition) is 2. The third-order valence-corrected chi connectivity index (χ3v) is 13.3. The second kappa shape index (κ2) is 12.6. The topological polar surface area (TPSA) is 129 Å². The zero-order valence-corrected chi connectivity index (χ0v) is 29.3. The molecule has 4 aliphatic rings. The van der Waals surface area contributed by atoms with Crippen molar-refractivity contribution in [2.75, 3.05) is 36.7 Å². The molecule has 4 heterocycles. The van der Waals surface area contributed by atoms with E-state index in [0.717, 1.165) is 22.4 Å². The summed E-state index contributed by atoms with van der Waals surface area (Å²) in [7, 11) is -1.46. The first-order chi connectivity index (χ1) is 23.5. The zero-order chi connectivity index (χ0) is 34.7. The largest absolute Gasteiger partial charge is 0.497 e. The van der Waals surface area contributed by atoms with E-state index < -0.39 is 31.5 Å². The standard InChI is InChI=1S/C37H43N3O8Si/c1-23-34(49(3,4)45)32(19-33(42)39-21-26-8-6-5-7-25(26)17-28(39)22-41)48-37(23)30-18-29(46-2)13-14-31(30)40(35(37)43)20-24-9-11-27(12-10-24)38-15-16-47-36(38)44/h5-14,18,23,28,32,34,41,45H,15-17,19-22H2,1-4H3/t23-,28+,32+,34-,37+/m1/s1. The van der Waals surface area contributed by atoms with Crippen molar-refractivity contribution < 1.29 is 38.5 Å². The van der Waals surface area contributed by atoms with Gasteiger partial charge in [0.05, 0.1) is 51.1 Å². The SMILES string of the molecule is COc1ccc2c(c1)[C@]1(O[C@@H](CC(=O)N3Cc4ccccc4C[C@H]3CO)[C@H]([Si](C)(C)O)[C@H]1C)C(=O)N2Cc1ccc(N2CCOC2=O)cc1. The summed E-state index contributed by atoms with van der Waals surface area (Å²) in [6.45, 7) is 6.91. The first-order valence-corrected chi connectivity index (χ1v) is 19.9. The molecule has 12 heteroatoms. The van der Waals surface area contributed by atoms with Gasteiger partial charge in [0.15, 0.2) is 13.9 Å². The van der Waals surface area contributed by atoms with Crippen LogP contribution in [0.1, 0.15) is 35.6 Å². The number of aliphatic hydroxyl groups excluding tert-OH is 1. The van der Waals surface area contributed by atoms with E-state index >= 15 is 0 Å². The number of nitrogens with zero attached hydrogens (tertiary/aromatic N) is 3. The van der Waals surface area contributed by atoms with Crippen molar-refractivity contribution in [1.82, 2.24) is 4.90 Å². The monoisotopic (exact) mass is 685 g/mol.